The van der Waals surface area contributed by atoms with Crippen molar-refractivity contribution in [2.45, 2.75) is 63.7 Å². The molecule has 2 atom stereocenters. The Hall–Kier alpha value is -5.63. The van der Waals surface area contributed by atoms with Crippen molar-refractivity contribution in [2.24, 2.45) is 11.3 Å². The first-order chi connectivity index (χ1) is 26.5. The number of thiophene rings is 1. The lowest BCUT2D eigenvalue weighted by Gasteiger charge is -2.33. The second-order valence-electron chi connectivity index (χ2n) is 14.6. The van der Waals surface area contributed by atoms with Gasteiger partial charge in [-0.05, 0) is 103 Å². The fraction of sp³-hybridized carbons (Fsp3) is 0.244. The molecular weight excluding hydrogens is 725 g/mol. The number of fused-ring (bicyclic) bond motifs is 1. The fourth-order valence-corrected chi connectivity index (χ4v) is 8.57. The van der Waals surface area contributed by atoms with E-state index < -0.39 is 17.1 Å². The smallest absolute Gasteiger partial charge is 0.272 e. The highest BCUT2D eigenvalue weighted by molar-refractivity contribution is 8.00. The van der Waals surface area contributed by atoms with Crippen LogP contribution in [-0.4, -0.2) is 23.0 Å². The number of thioether (sulfide) groups is 1. The van der Waals surface area contributed by atoms with Crippen LogP contribution in [0.15, 0.2) is 120 Å². The van der Waals surface area contributed by atoms with Gasteiger partial charge in [0.05, 0.1) is 10.8 Å². The summed E-state index contributed by atoms with van der Waals surface area (Å²) in [6.07, 6.45) is 4.41. The molecule has 1 heterocycles. The Bertz CT molecular complexity index is 2220. The van der Waals surface area contributed by atoms with Crippen molar-refractivity contribution in [1.82, 2.24) is 5.32 Å². The predicted octanol–water partition coefficient (Wildman–Crippen LogP) is 9.88. The number of hydrogen-bond acceptors (Lipinski definition) is 7. The summed E-state index contributed by atoms with van der Waals surface area (Å²) in [4.78, 5) is 42.3. The zero-order valence-electron chi connectivity index (χ0n) is 31.3. The molecule has 1 aromatic heterocycles. The Morgan fingerprint density at radius 1 is 0.945 bits per heavy atom. The Balaban J connectivity index is 1.13. The molecular formula is C45H44N4O4S2. The number of carbonyl (C=O) groups excluding carboxylic acids is 3. The van der Waals surface area contributed by atoms with Gasteiger partial charge in [0.15, 0.2) is 0 Å². The van der Waals surface area contributed by atoms with Crippen molar-refractivity contribution in [2.75, 3.05) is 10.6 Å². The van der Waals surface area contributed by atoms with Gasteiger partial charge in [0.1, 0.15) is 29.1 Å². The van der Waals surface area contributed by atoms with Crippen molar-refractivity contribution < 1.29 is 19.1 Å². The van der Waals surface area contributed by atoms with Crippen LogP contribution < -0.4 is 20.7 Å². The minimum Gasteiger partial charge on any atom is -0.489 e. The van der Waals surface area contributed by atoms with E-state index in [0.717, 1.165) is 35.3 Å². The van der Waals surface area contributed by atoms with Crippen LogP contribution >= 0.6 is 23.1 Å². The molecule has 0 radical (unpaired) electrons. The lowest BCUT2D eigenvalue weighted by atomic mass is 9.72. The van der Waals surface area contributed by atoms with Gasteiger partial charge in [-0.3, -0.25) is 14.4 Å². The lowest BCUT2D eigenvalue weighted by molar-refractivity contribution is -0.115. The van der Waals surface area contributed by atoms with Crippen molar-refractivity contribution in [3.8, 4) is 11.8 Å². The number of rotatable bonds is 12. The monoisotopic (exact) mass is 768 g/mol. The molecule has 8 nitrogen and oxygen atoms in total. The summed E-state index contributed by atoms with van der Waals surface area (Å²) in [5, 5.41) is 18.9. The Morgan fingerprint density at radius 2 is 1.65 bits per heavy atom. The maximum atomic E-state index is 13.8. The van der Waals surface area contributed by atoms with E-state index in [1.54, 1.807) is 48.5 Å². The average Bonchev–Trinajstić information content (AvgIpc) is 3.54. The highest BCUT2D eigenvalue weighted by Crippen LogP contribution is 2.44. The summed E-state index contributed by atoms with van der Waals surface area (Å²) in [6, 6.07) is 35.4. The first kappa shape index (κ1) is 39.1. The van der Waals surface area contributed by atoms with Gasteiger partial charge in [0, 0.05) is 21.0 Å². The Labute approximate surface area is 331 Å². The van der Waals surface area contributed by atoms with Crippen molar-refractivity contribution in [1.29, 1.82) is 5.26 Å². The first-order valence-electron chi connectivity index (χ1n) is 18.3. The van der Waals surface area contributed by atoms with Gasteiger partial charge in [0.2, 0.25) is 5.91 Å². The van der Waals surface area contributed by atoms with Crippen LogP contribution in [0.4, 0.5) is 10.7 Å². The van der Waals surface area contributed by atoms with Gasteiger partial charge in [-0.2, -0.15) is 5.26 Å². The molecule has 6 rings (SSSR count). The number of ether oxygens (including phenoxy) is 1. The van der Waals surface area contributed by atoms with Gasteiger partial charge in [0.25, 0.3) is 11.8 Å². The quantitative estimate of drug-likeness (QED) is 0.0859. The van der Waals surface area contributed by atoms with Crippen LogP contribution in [0.3, 0.4) is 0 Å². The van der Waals surface area contributed by atoms with Crippen LogP contribution in [0.1, 0.15) is 71.6 Å². The van der Waals surface area contributed by atoms with E-state index in [2.05, 4.69) is 42.8 Å². The second-order valence-corrected chi connectivity index (χ2v) is 17.1. The number of anilines is 2. The summed E-state index contributed by atoms with van der Waals surface area (Å²) >= 11 is 2.87. The van der Waals surface area contributed by atoms with E-state index in [9.17, 15) is 19.6 Å². The van der Waals surface area contributed by atoms with E-state index in [4.69, 9.17) is 4.74 Å². The highest BCUT2D eigenvalue weighted by Gasteiger charge is 2.32. The maximum Gasteiger partial charge on any atom is 0.272 e. The number of nitriles is 1. The van der Waals surface area contributed by atoms with Gasteiger partial charge in [-0.1, -0.05) is 87.5 Å². The Morgan fingerprint density at radius 3 is 2.35 bits per heavy atom. The standard InChI is InChI=1S/C45H44N4O4S2/c1-29(41(50)49-44-38(27-46)37-23-20-33(45(2,3)4)25-40(37)55-44)54-36-17-11-16-34(26-36)47-43(52)39(48-42(51)32-14-9-6-10-15-32)24-30-18-21-35(22-19-30)53-28-31-12-7-5-8-13-31/h5-19,21-22,24,26,29,33H,20,23,25,28H2,1-4H3,(H,47,52)(H,48,51)(H,49,50)/b39-24+. The zero-order valence-corrected chi connectivity index (χ0v) is 33.0. The van der Waals surface area contributed by atoms with E-state index in [1.165, 1.54) is 28.0 Å². The van der Waals surface area contributed by atoms with E-state index in [1.807, 2.05) is 73.7 Å². The third-order valence-electron chi connectivity index (χ3n) is 9.58. The number of carbonyl (C=O) groups is 3. The summed E-state index contributed by atoms with van der Waals surface area (Å²) in [5.41, 5.74) is 4.54. The number of nitrogens with zero attached hydrogens (tertiary/aromatic N) is 1. The summed E-state index contributed by atoms with van der Waals surface area (Å²) in [7, 11) is 0. The number of amides is 3. The predicted molar refractivity (Wildman–Crippen MR) is 222 cm³/mol. The first-order valence-corrected chi connectivity index (χ1v) is 19.9. The van der Waals surface area contributed by atoms with E-state index >= 15 is 0 Å². The van der Waals surface area contributed by atoms with Crippen LogP contribution in [0.2, 0.25) is 0 Å². The molecule has 5 aromatic rings. The molecule has 4 aromatic carbocycles. The van der Waals surface area contributed by atoms with E-state index in [0.29, 0.717) is 45.7 Å². The van der Waals surface area contributed by atoms with Crippen molar-refractivity contribution in [3.05, 3.63) is 148 Å². The van der Waals surface area contributed by atoms with Crippen LogP contribution in [0.25, 0.3) is 6.08 Å². The molecule has 280 valence electrons. The molecule has 55 heavy (non-hydrogen) atoms. The van der Waals surface area contributed by atoms with Gasteiger partial charge in [-0.15, -0.1) is 23.1 Å². The summed E-state index contributed by atoms with van der Waals surface area (Å²) < 4.78 is 5.92. The molecule has 0 saturated heterocycles. The number of hydrogen-bond donors (Lipinski definition) is 3. The minimum absolute atomic E-state index is 0.0540. The number of benzene rings is 4. The maximum absolute atomic E-state index is 13.8. The molecule has 1 aliphatic carbocycles. The fourth-order valence-electron chi connectivity index (χ4n) is 6.36. The number of nitrogens with one attached hydrogen (secondary N) is 3. The van der Waals surface area contributed by atoms with Gasteiger partial charge in [-0.25, -0.2) is 0 Å². The molecule has 1 aliphatic rings. The average molecular weight is 769 g/mol. The third kappa shape index (κ3) is 10.3. The molecule has 0 fully saturated rings. The van der Waals surface area contributed by atoms with Crippen molar-refractivity contribution in [3.63, 3.8) is 0 Å². The van der Waals surface area contributed by atoms with Crippen molar-refractivity contribution >= 4 is 57.6 Å². The molecule has 0 spiro atoms. The topological polar surface area (TPSA) is 120 Å². The third-order valence-corrected chi connectivity index (χ3v) is 11.8. The van der Waals surface area contributed by atoms with Crippen LogP contribution in [0, 0.1) is 22.7 Å². The van der Waals surface area contributed by atoms with Gasteiger partial charge >= 0.3 is 0 Å². The molecule has 0 aliphatic heterocycles. The Kier molecular flexibility index (Phi) is 12.6. The normalized spacial score (nSPS) is 14.5. The molecule has 2 unspecified atom stereocenters. The highest BCUT2D eigenvalue weighted by atomic mass is 32.2. The van der Waals surface area contributed by atoms with E-state index in [-0.39, 0.29) is 17.0 Å². The molecule has 10 heteroatoms. The summed E-state index contributed by atoms with van der Waals surface area (Å²) in [6.45, 7) is 9.01. The second kappa shape index (κ2) is 17.7. The largest absolute Gasteiger partial charge is 0.489 e. The minimum atomic E-state index is -0.513. The SMILES string of the molecule is CC(Sc1cccc(NC(=O)/C(=C\c2ccc(OCc3ccccc3)cc2)NC(=O)c2ccccc2)c1)C(=O)Nc1sc2c(c1C#N)CCC(C(C)(C)C)C2. The van der Waals surface area contributed by atoms with Gasteiger partial charge < -0.3 is 20.7 Å². The molecule has 0 saturated carbocycles. The van der Waals surface area contributed by atoms with Crippen LogP contribution in [-0.2, 0) is 29.0 Å². The molecule has 3 amide bonds. The molecule has 3 N–H and O–H groups in total. The van der Waals surface area contributed by atoms with Crippen LogP contribution in [0.5, 0.6) is 5.75 Å². The zero-order chi connectivity index (χ0) is 39.0. The molecule has 0 bridgehead atoms. The lowest BCUT2D eigenvalue weighted by Crippen LogP contribution is -2.30. The summed E-state index contributed by atoms with van der Waals surface area (Å²) in [5.74, 6) is 0.0638.